The van der Waals surface area contributed by atoms with E-state index in [1.54, 1.807) is 11.8 Å². The molecule has 1 aromatic carbocycles. The van der Waals surface area contributed by atoms with Gasteiger partial charge >= 0.3 is 0 Å². The third-order valence-electron chi connectivity index (χ3n) is 3.51. The summed E-state index contributed by atoms with van der Waals surface area (Å²) in [5.74, 6) is 0.218. The van der Waals surface area contributed by atoms with Crippen LogP contribution in [0.2, 0.25) is 0 Å². The lowest BCUT2D eigenvalue weighted by atomic mass is 10.1. The SMILES string of the molecule is CCCCCN1C(=O)CNC1c1ccc(SC)cc1. The lowest BCUT2D eigenvalue weighted by Gasteiger charge is -2.24. The van der Waals surface area contributed by atoms with Gasteiger partial charge in [-0.05, 0) is 30.4 Å². The van der Waals surface area contributed by atoms with E-state index in [4.69, 9.17) is 0 Å². The minimum Gasteiger partial charge on any atom is -0.322 e. The number of unbranched alkanes of at least 4 members (excludes halogenated alkanes) is 2. The molecule has 0 radical (unpaired) electrons. The van der Waals surface area contributed by atoms with Crippen LogP contribution in [0.3, 0.4) is 0 Å². The molecule has 1 aliphatic heterocycles. The Labute approximate surface area is 119 Å². The van der Waals surface area contributed by atoms with E-state index in [1.807, 2.05) is 4.90 Å². The first-order valence-electron chi connectivity index (χ1n) is 6.93. The zero-order valence-corrected chi connectivity index (χ0v) is 12.5. The maximum atomic E-state index is 11.9. The van der Waals surface area contributed by atoms with Crippen LogP contribution in [0, 0.1) is 0 Å². The highest BCUT2D eigenvalue weighted by Gasteiger charge is 2.30. The summed E-state index contributed by atoms with van der Waals surface area (Å²) in [4.78, 5) is 15.2. The van der Waals surface area contributed by atoms with Crippen molar-refractivity contribution in [1.82, 2.24) is 10.2 Å². The molecule has 104 valence electrons. The Bertz CT molecular complexity index is 419. The quantitative estimate of drug-likeness (QED) is 0.641. The predicted molar refractivity (Wildman–Crippen MR) is 80.2 cm³/mol. The zero-order chi connectivity index (χ0) is 13.7. The Hall–Kier alpha value is -1.00. The molecule has 1 aromatic rings. The van der Waals surface area contributed by atoms with E-state index < -0.39 is 0 Å². The summed E-state index contributed by atoms with van der Waals surface area (Å²) in [6.45, 7) is 3.50. The van der Waals surface area contributed by atoms with Crippen molar-refractivity contribution in [3.8, 4) is 0 Å². The number of rotatable bonds is 6. The molecule has 0 saturated carbocycles. The highest BCUT2D eigenvalue weighted by Crippen LogP contribution is 2.25. The van der Waals surface area contributed by atoms with Crippen LogP contribution < -0.4 is 5.32 Å². The van der Waals surface area contributed by atoms with Gasteiger partial charge in [-0.3, -0.25) is 10.1 Å². The minimum absolute atomic E-state index is 0.0558. The smallest absolute Gasteiger partial charge is 0.238 e. The molecule has 0 spiro atoms. The molecule has 4 heteroatoms. The van der Waals surface area contributed by atoms with Crippen molar-refractivity contribution in [2.24, 2.45) is 0 Å². The zero-order valence-electron chi connectivity index (χ0n) is 11.7. The summed E-state index contributed by atoms with van der Waals surface area (Å²) in [5, 5.41) is 3.31. The maximum absolute atomic E-state index is 11.9. The molecule has 1 aliphatic rings. The van der Waals surface area contributed by atoms with Crippen molar-refractivity contribution in [2.45, 2.75) is 37.2 Å². The number of nitrogens with zero attached hydrogens (tertiary/aromatic N) is 1. The fourth-order valence-corrected chi connectivity index (χ4v) is 2.82. The van der Waals surface area contributed by atoms with Crippen molar-refractivity contribution in [3.05, 3.63) is 29.8 Å². The van der Waals surface area contributed by atoms with Crippen molar-refractivity contribution in [1.29, 1.82) is 0 Å². The lowest BCUT2D eigenvalue weighted by molar-refractivity contribution is -0.128. The lowest BCUT2D eigenvalue weighted by Crippen LogP contribution is -2.31. The summed E-state index contributed by atoms with van der Waals surface area (Å²) in [6, 6.07) is 8.48. The predicted octanol–water partition coefficient (Wildman–Crippen LogP) is 3.03. The van der Waals surface area contributed by atoms with Gasteiger partial charge in [-0.1, -0.05) is 31.9 Å². The molecule has 1 amide bonds. The Morgan fingerprint density at radius 1 is 1.32 bits per heavy atom. The first-order chi connectivity index (χ1) is 9.26. The van der Waals surface area contributed by atoms with Crippen molar-refractivity contribution in [2.75, 3.05) is 19.3 Å². The number of hydrogen-bond donors (Lipinski definition) is 1. The second-order valence-corrected chi connectivity index (χ2v) is 5.73. The van der Waals surface area contributed by atoms with Gasteiger partial charge in [0.25, 0.3) is 0 Å². The third kappa shape index (κ3) is 3.51. The van der Waals surface area contributed by atoms with E-state index in [0.717, 1.165) is 13.0 Å². The Morgan fingerprint density at radius 3 is 2.68 bits per heavy atom. The Morgan fingerprint density at radius 2 is 2.05 bits per heavy atom. The minimum atomic E-state index is 0.0558. The first kappa shape index (κ1) is 14.4. The molecular formula is C15H22N2OS. The fourth-order valence-electron chi connectivity index (χ4n) is 2.41. The number of benzene rings is 1. The highest BCUT2D eigenvalue weighted by atomic mass is 32.2. The van der Waals surface area contributed by atoms with Gasteiger partial charge in [-0.25, -0.2) is 0 Å². The summed E-state index contributed by atoms with van der Waals surface area (Å²) < 4.78 is 0. The molecule has 1 saturated heterocycles. The first-order valence-corrected chi connectivity index (χ1v) is 8.15. The monoisotopic (exact) mass is 278 g/mol. The Balaban J connectivity index is 2.05. The van der Waals surface area contributed by atoms with Gasteiger partial charge in [0.2, 0.25) is 5.91 Å². The Kier molecular flexibility index (Phi) is 5.28. The third-order valence-corrected chi connectivity index (χ3v) is 4.26. The second-order valence-electron chi connectivity index (χ2n) is 4.85. The van der Waals surface area contributed by atoms with Crippen LogP contribution in [-0.4, -0.2) is 30.2 Å². The summed E-state index contributed by atoms with van der Waals surface area (Å²) >= 11 is 1.74. The van der Waals surface area contributed by atoms with E-state index in [0.29, 0.717) is 6.54 Å². The van der Waals surface area contributed by atoms with Gasteiger partial charge in [-0.15, -0.1) is 11.8 Å². The molecule has 2 rings (SSSR count). The molecule has 3 nitrogen and oxygen atoms in total. The molecular weight excluding hydrogens is 256 g/mol. The highest BCUT2D eigenvalue weighted by molar-refractivity contribution is 7.98. The van der Waals surface area contributed by atoms with Crippen molar-refractivity contribution in [3.63, 3.8) is 0 Å². The average Bonchev–Trinajstić information content (AvgIpc) is 2.81. The van der Waals surface area contributed by atoms with E-state index in [9.17, 15) is 4.79 Å². The van der Waals surface area contributed by atoms with Crippen LogP contribution in [-0.2, 0) is 4.79 Å². The molecule has 0 bridgehead atoms. The van der Waals surface area contributed by atoms with E-state index in [-0.39, 0.29) is 12.1 Å². The molecule has 1 atom stereocenters. The van der Waals surface area contributed by atoms with Crippen molar-refractivity contribution >= 4 is 17.7 Å². The largest absolute Gasteiger partial charge is 0.322 e. The molecule has 1 heterocycles. The molecule has 19 heavy (non-hydrogen) atoms. The molecule has 0 aliphatic carbocycles. The van der Waals surface area contributed by atoms with Gasteiger partial charge in [0.1, 0.15) is 6.17 Å². The molecule has 1 N–H and O–H groups in total. The van der Waals surface area contributed by atoms with Gasteiger partial charge in [0.15, 0.2) is 0 Å². The van der Waals surface area contributed by atoms with Crippen LogP contribution in [0.15, 0.2) is 29.2 Å². The van der Waals surface area contributed by atoms with E-state index in [2.05, 4.69) is 42.8 Å². The van der Waals surface area contributed by atoms with Crippen LogP contribution in [0.5, 0.6) is 0 Å². The summed E-state index contributed by atoms with van der Waals surface area (Å²) in [6.07, 6.45) is 5.58. The molecule has 0 aromatic heterocycles. The number of carbonyl (C=O) groups excluding carboxylic acids is 1. The summed E-state index contributed by atoms with van der Waals surface area (Å²) in [5.41, 5.74) is 1.18. The molecule has 1 fully saturated rings. The average molecular weight is 278 g/mol. The number of thioether (sulfide) groups is 1. The number of carbonyl (C=O) groups is 1. The van der Waals surface area contributed by atoms with Gasteiger partial charge in [0, 0.05) is 11.4 Å². The van der Waals surface area contributed by atoms with Crippen LogP contribution in [0.4, 0.5) is 0 Å². The van der Waals surface area contributed by atoms with E-state index >= 15 is 0 Å². The number of amides is 1. The normalized spacial score (nSPS) is 19.2. The molecule has 1 unspecified atom stereocenters. The topological polar surface area (TPSA) is 32.3 Å². The number of nitrogens with one attached hydrogen (secondary N) is 1. The van der Waals surface area contributed by atoms with Gasteiger partial charge in [-0.2, -0.15) is 0 Å². The standard InChI is InChI=1S/C15H22N2OS/c1-3-4-5-10-17-14(18)11-16-15(17)12-6-8-13(19-2)9-7-12/h6-9,15-16H,3-5,10-11H2,1-2H3. The van der Waals surface area contributed by atoms with Crippen molar-refractivity contribution < 1.29 is 4.79 Å². The summed E-state index contributed by atoms with van der Waals surface area (Å²) in [7, 11) is 0. The van der Waals surface area contributed by atoms with Crippen LogP contribution >= 0.6 is 11.8 Å². The van der Waals surface area contributed by atoms with Gasteiger partial charge < -0.3 is 4.90 Å². The van der Waals surface area contributed by atoms with E-state index in [1.165, 1.54) is 23.3 Å². The second kappa shape index (κ2) is 6.96. The van der Waals surface area contributed by atoms with Crippen LogP contribution in [0.1, 0.15) is 37.9 Å². The number of hydrogen-bond acceptors (Lipinski definition) is 3. The van der Waals surface area contributed by atoms with Gasteiger partial charge in [0.05, 0.1) is 6.54 Å². The van der Waals surface area contributed by atoms with Crippen LogP contribution in [0.25, 0.3) is 0 Å². The maximum Gasteiger partial charge on any atom is 0.238 e. The fraction of sp³-hybridized carbons (Fsp3) is 0.533.